The van der Waals surface area contributed by atoms with Crippen molar-refractivity contribution in [1.29, 1.82) is 0 Å². The Balaban J connectivity index is 2.26. The van der Waals surface area contributed by atoms with Crippen molar-refractivity contribution in [2.24, 2.45) is 0 Å². The average Bonchev–Trinajstić information content (AvgIpc) is 2.90. The molecule has 0 aliphatic heterocycles. The van der Waals surface area contributed by atoms with Gasteiger partial charge in [0.1, 0.15) is 11.4 Å². The van der Waals surface area contributed by atoms with Crippen molar-refractivity contribution in [3.63, 3.8) is 0 Å². The zero-order valence-electron chi connectivity index (χ0n) is 10.5. The van der Waals surface area contributed by atoms with E-state index in [2.05, 4.69) is 9.97 Å². The van der Waals surface area contributed by atoms with Gasteiger partial charge in [-0.3, -0.25) is 14.9 Å². The van der Waals surface area contributed by atoms with Crippen LogP contribution in [-0.4, -0.2) is 32.7 Å². The predicted molar refractivity (Wildman–Crippen MR) is 72.5 cm³/mol. The molecule has 1 amide bonds. The number of nitrogens with zero attached hydrogens (tertiary/aromatic N) is 3. The first-order valence-electron chi connectivity index (χ1n) is 5.66. The second kappa shape index (κ2) is 5.70. The van der Waals surface area contributed by atoms with Gasteiger partial charge in [0, 0.05) is 30.5 Å². The number of benzene rings is 1. The molecule has 0 unspecified atom stereocenters. The van der Waals surface area contributed by atoms with Crippen LogP contribution in [0.5, 0.6) is 0 Å². The lowest BCUT2D eigenvalue weighted by Crippen LogP contribution is -2.27. The second-order valence-corrected chi connectivity index (χ2v) is 4.55. The Labute approximate surface area is 119 Å². The number of H-pyrrole nitrogens is 1. The maximum absolute atomic E-state index is 12.2. The van der Waals surface area contributed by atoms with E-state index in [9.17, 15) is 14.9 Å². The van der Waals surface area contributed by atoms with Crippen LogP contribution >= 0.6 is 11.6 Å². The van der Waals surface area contributed by atoms with E-state index < -0.39 is 10.8 Å². The van der Waals surface area contributed by atoms with Gasteiger partial charge in [-0.15, -0.1) is 0 Å². The zero-order valence-corrected chi connectivity index (χ0v) is 11.3. The lowest BCUT2D eigenvalue weighted by atomic mass is 10.1. The summed E-state index contributed by atoms with van der Waals surface area (Å²) in [5.74, 6) is 0.127. The van der Waals surface area contributed by atoms with Gasteiger partial charge in [0.25, 0.3) is 11.6 Å². The number of amides is 1. The number of carbonyl (C=O) groups excluding carboxylic acids is 1. The monoisotopic (exact) mass is 294 g/mol. The third kappa shape index (κ3) is 2.94. The number of nitrogens with one attached hydrogen (secondary N) is 1. The molecule has 8 heteroatoms. The van der Waals surface area contributed by atoms with Gasteiger partial charge in [-0.2, -0.15) is 0 Å². The van der Waals surface area contributed by atoms with E-state index in [1.54, 1.807) is 19.4 Å². The molecule has 2 rings (SSSR count). The third-order valence-corrected chi connectivity index (χ3v) is 2.91. The summed E-state index contributed by atoms with van der Waals surface area (Å²) < 4.78 is 0. The predicted octanol–water partition coefficient (Wildman–Crippen LogP) is 2.24. The van der Waals surface area contributed by atoms with E-state index in [0.29, 0.717) is 5.82 Å². The molecule has 104 valence electrons. The van der Waals surface area contributed by atoms with Crippen LogP contribution in [-0.2, 0) is 6.54 Å². The van der Waals surface area contributed by atoms with E-state index in [1.807, 2.05) is 0 Å². The molecular weight excluding hydrogens is 284 g/mol. The Morgan fingerprint density at radius 2 is 2.30 bits per heavy atom. The molecule has 0 saturated carbocycles. The molecule has 0 atom stereocenters. The third-order valence-electron chi connectivity index (χ3n) is 2.68. The number of carbonyl (C=O) groups is 1. The minimum Gasteiger partial charge on any atom is -0.347 e. The highest BCUT2D eigenvalue weighted by Crippen LogP contribution is 2.24. The van der Waals surface area contributed by atoms with Crippen molar-refractivity contribution in [2.45, 2.75) is 6.54 Å². The quantitative estimate of drug-likeness (QED) is 0.691. The smallest absolute Gasteiger partial charge is 0.283 e. The van der Waals surface area contributed by atoms with Crippen molar-refractivity contribution in [1.82, 2.24) is 14.9 Å². The molecule has 20 heavy (non-hydrogen) atoms. The molecule has 1 aromatic heterocycles. The molecule has 0 fully saturated rings. The maximum atomic E-state index is 12.2. The van der Waals surface area contributed by atoms with Crippen LogP contribution < -0.4 is 0 Å². The molecule has 0 saturated heterocycles. The summed E-state index contributed by atoms with van der Waals surface area (Å²) >= 11 is 5.72. The SMILES string of the molecule is CN(Cc1ncc[nH]1)C(=O)c1ccc(Cl)cc1[N+](=O)[O-]. The van der Waals surface area contributed by atoms with Gasteiger partial charge in [0.15, 0.2) is 0 Å². The summed E-state index contributed by atoms with van der Waals surface area (Å²) in [4.78, 5) is 30.8. The van der Waals surface area contributed by atoms with E-state index in [1.165, 1.54) is 17.0 Å². The molecule has 1 N–H and O–H groups in total. The lowest BCUT2D eigenvalue weighted by molar-refractivity contribution is -0.385. The molecule has 7 nitrogen and oxygen atoms in total. The van der Waals surface area contributed by atoms with Gasteiger partial charge >= 0.3 is 0 Å². The molecule has 2 aromatic rings. The van der Waals surface area contributed by atoms with E-state index in [-0.39, 0.29) is 22.8 Å². The fourth-order valence-corrected chi connectivity index (χ4v) is 1.89. The first kappa shape index (κ1) is 14.0. The molecule has 0 spiro atoms. The van der Waals surface area contributed by atoms with Crippen LogP contribution in [0.3, 0.4) is 0 Å². The molecule has 1 heterocycles. The van der Waals surface area contributed by atoms with E-state index >= 15 is 0 Å². The molecular formula is C12H11ClN4O3. The minimum atomic E-state index is -0.625. The van der Waals surface area contributed by atoms with Crippen LogP contribution in [0.2, 0.25) is 5.02 Å². The average molecular weight is 295 g/mol. The van der Waals surface area contributed by atoms with Crippen molar-refractivity contribution in [3.05, 3.63) is 57.1 Å². The Morgan fingerprint density at radius 3 is 2.90 bits per heavy atom. The van der Waals surface area contributed by atoms with Gasteiger partial charge in [0.2, 0.25) is 0 Å². The van der Waals surface area contributed by atoms with Crippen molar-refractivity contribution >= 4 is 23.2 Å². The number of hydrogen-bond donors (Lipinski definition) is 1. The summed E-state index contributed by atoms with van der Waals surface area (Å²) in [5, 5.41) is 11.2. The van der Waals surface area contributed by atoms with Crippen LogP contribution in [0.25, 0.3) is 0 Å². The van der Waals surface area contributed by atoms with Gasteiger partial charge < -0.3 is 9.88 Å². The zero-order chi connectivity index (χ0) is 14.7. The Hall–Kier alpha value is -2.41. The summed E-state index contributed by atoms with van der Waals surface area (Å²) in [6.07, 6.45) is 3.21. The normalized spacial score (nSPS) is 10.3. The first-order chi connectivity index (χ1) is 9.49. The van der Waals surface area contributed by atoms with Gasteiger partial charge in [-0.25, -0.2) is 4.98 Å². The van der Waals surface area contributed by atoms with Gasteiger partial charge in [-0.05, 0) is 12.1 Å². The van der Waals surface area contributed by atoms with Crippen molar-refractivity contribution in [2.75, 3.05) is 7.05 Å². The highest BCUT2D eigenvalue weighted by molar-refractivity contribution is 6.31. The summed E-state index contributed by atoms with van der Waals surface area (Å²) in [5.41, 5.74) is -0.317. The first-order valence-corrected chi connectivity index (χ1v) is 6.04. The summed E-state index contributed by atoms with van der Waals surface area (Å²) in [7, 11) is 1.54. The van der Waals surface area contributed by atoms with Crippen molar-refractivity contribution < 1.29 is 9.72 Å². The molecule has 1 aromatic carbocycles. The fraction of sp³-hybridized carbons (Fsp3) is 0.167. The second-order valence-electron chi connectivity index (χ2n) is 4.12. The Kier molecular flexibility index (Phi) is 3.99. The number of imidazole rings is 1. The van der Waals surface area contributed by atoms with Crippen LogP contribution in [0.4, 0.5) is 5.69 Å². The number of nitro benzene ring substituents is 1. The number of hydrogen-bond acceptors (Lipinski definition) is 4. The minimum absolute atomic E-state index is 0.00606. The molecule has 0 bridgehead atoms. The largest absolute Gasteiger partial charge is 0.347 e. The standard InChI is InChI=1S/C12H11ClN4O3/c1-16(7-11-14-4-5-15-11)12(18)9-3-2-8(13)6-10(9)17(19)20/h2-6H,7H2,1H3,(H,14,15). The molecule has 0 aliphatic rings. The van der Waals surface area contributed by atoms with E-state index in [0.717, 1.165) is 6.07 Å². The van der Waals surface area contributed by atoms with Crippen LogP contribution in [0, 0.1) is 10.1 Å². The maximum Gasteiger partial charge on any atom is 0.283 e. The number of nitro groups is 1. The topological polar surface area (TPSA) is 92.1 Å². The van der Waals surface area contributed by atoms with Crippen LogP contribution in [0.1, 0.15) is 16.2 Å². The number of halogens is 1. The fourth-order valence-electron chi connectivity index (χ4n) is 1.72. The van der Waals surface area contributed by atoms with Crippen molar-refractivity contribution in [3.8, 4) is 0 Å². The van der Waals surface area contributed by atoms with Gasteiger partial charge in [-0.1, -0.05) is 11.6 Å². The molecule has 0 aliphatic carbocycles. The Bertz CT molecular complexity index is 642. The number of aromatic nitrogens is 2. The van der Waals surface area contributed by atoms with Gasteiger partial charge in [0.05, 0.1) is 11.5 Å². The summed E-state index contributed by atoms with van der Waals surface area (Å²) in [6.45, 7) is 0.228. The number of rotatable bonds is 4. The highest BCUT2D eigenvalue weighted by Gasteiger charge is 2.23. The summed E-state index contributed by atoms with van der Waals surface area (Å²) in [6, 6.07) is 3.96. The van der Waals surface area contributed by atoms with E-state index in [4.69, 9.17) is 11.6 Å². The highest BCUT2D eigenvalue weighted by atomic mass is 35.5. The van der Waals surface area contributed by atoms with Crippen LogP contribution in [0.15, 0.2) is 30.6 Å². The Morgan fingerprint density at radius 1 is 1.55 bits per heavy atom. The molecule has 0 radical (unpaired) electrons. The lowest BCUT2D eigenvalue weighted by Gasteiger charge is -2.15. The number of aromatic amines is 1.